The Balaban J connectivity index is 2.98. The number of thioether (sulfide) groups is 1. The highest BCUT2D eigenvalue weighted by molar-refractivity contribution is 14.1. The van der Waals surface area contributed by atoms with Gasteiger partial charge in [-0.3, -0.25) is 4.79 Å². The van der Waals surface area contributed by atoms with E-state index in [0.717, 1.165) is 11.8 Å². The van der Waals surface area contributed by atoms with Crippen LogP contribution in [0.3, 0.4) is 0 Å². The number of aliphatic carboxylic acids is 1. The Morgan fingerprint density at radius 3 is 2.22 bits per heavy atom. The highest BCUT2D eigenvalue weighted by Crippen LogP contribution is 2.49. The summed E-state index contributed by atoms with van der Waals surface area (Å²) in [6.07, 6.45) is 0.115. The van der Waals surface area contributed by atoms with Crippen LogP contribution in [-0.2, 0) is 23.9 Å². The summed E-state index contributed by atoms with van der Waals surface area (Å²) in [5, 5.41) is 8.49. The molecule has 0 aromatic heterocycles. The van der Waals surface area contributed by atoms with Gasteiger partial charge < -0.3 is 14.6 Å². The van der Waals surface area contributed by atoms with E-state index in [2.05, 4.69) is 32.1 Å². The maximum Gasteiger partial charge on any atom is 0.333 e. The molecule has 1 rings (SSSR count). The number of hydrogen-bond acceptors (Lipinski definition) is 6. The van der Waals surface area contributed by atoms with E-state index in [1.807, 2.05) is 0 Å². The zero-order valence-electron chi connectivity index (χ0n) is 9.84. The highest BCUT2D eigenvalue weighted by atomic mass is 127. The summed E-state index contributed by atoms with van der Waals surface area (Å²) < 4.78 is 7.76. The summed E-state index contributed by atoms with van der Waals surface area (Å²) in [5.41, 5.74) is 0. The van der Waals surface area contributed by atoms with Gasteiger partial charge in [0.1, 0.15) is 0 Å². The second kappa shape index (κ2) is 6.09. The Morgan fingerprint density at radius 1 is 1.33 bits per heavy atom. The lowest BCUT2D eigenvalue weighted by Gasteiger charge is -2.22. The molecule has 0 aromatic rings. The number of esters is 2. The van der Waals surface area contributed by atoms with E-state index in [-0.39, 0.29) is 22.0 Å². The first-order chi connectivity index (χ1) is 8.37. The lowest BCUT2D eigenvalue weighted by molar-refractivity contribution is -0.155. The number of hydrogen-bond donors (Lipinski definition) is 1. The second-order valence-corrected chi connectivity index (χ2v) is 6.92. The highest BCUT2D eigenvalue weighted by Gasteiger charge is 2.58. The van der Waals surface area contributed by atoms with Crippen LogP contribution in [0.15, 0.2) is 0 Å². The summed E-state index contributed by atoms with van der Waals surface area (Å²) in [4.78, 5) is 34.4. The van der Waals surface area contributed by atoms with E-state index in [9.17, 15) is 14.4 Å². The number of ether oxygens (including phenoxy) is 2. The fourth-order valence-corrected chi connectivity index (χ4v) is 5.08. The summed E-state index contributed by atoms with van der Waals surface area (Å²) in [6.45, 7) is 0. The van der Waals surface area contributed by atoms with Gasteiger partial charge in [-0.2, -0.15) is 0 Å². The van der Waals surface area contributed by atoms with E-state index in [1.54, 1.807) is 0 Å². The molecule has 102 valence electrons. The van der Waals surface area contributed by atoms with Gasteiger partial charge >= 0.3 is 17.9 Å². The van der Waals surface area contributed by atoms with Crippen molar-refractivity contribution in [2.24, 2.45) is 0 Å². The molecule has 0 spiro atoms. The number of alkyl halides is 1. The van der Waals surface area contributed by atoms with Gasteiger partial charge in [0.15, 0.2) is 0 Å². The molecule has 1 aliphatic heterocycles. The molecule has 0 unspecified atom stereocenters. The predicted molar refractivity (Wildman–Crippen MR) is 72.8 cm³/mol. The van der Waals surface area contributed by atoms with Crippen molar-refractivity contribution in [1.82, 2.24) is 0 Å². The Hall–Kier alpha value is -0.510. The predicted octanol–water partition coefficient (Wildman–Crippen LogP) is 0.855. The minimum atomic E-state index is -1.44. The van der Waals surface area contributed by atoms with Crippen LogP contribution in [0.25, 0.3) is 0 Å². The van der Waals surface area contributed by atoms with Crippen LogP contribution in [0.2, 0.25) is 0 Å². The third kappa shape index (κ3) is 2.90. The minimum Gasteiger partial charge on any atom is -0.481 e. The second-order valence-electron chi connectivity index (χ2n) is 3.78. The van der Waals surface area contributed by atoms with Crippen LogP contribution < -0.4 is 0 Å². The maximum absolute atomic E-state index is 11.8. The molecule has 2 atom stereocenters. The van der Waals surface area contributed by atoms with Gasteiger partial charge in [-0.25, -0.2) is 9.59 Å². The monoisotopic (exact) mass is 388 g/mol. The Morgan fingerprint density at radius 2 is 1.83 bits per heavy atom. The molecular formula is C10H13IO6S. The fourth-order valence-electron chi connectivity index (χ4n) is 1.80. The smallest absolute Gasteiger partial charge is 0.333 e. The first-order valence-electron chi connectivity index (χ1n) is 5.08. The van der Waals surface area contributed by atoms with Crippen LogP contribution in [0, 0.1) is 0 Å². The first-order valence-corrected chi connectivity index (χ1v) is 7.20. The molecule has 1 aliphatic rings. The van der Waals surface area contributed by atoms with Gasteiger partial charge in [-0.05, 0) is 6.42 Å². The molecule has 0 bridgehead atoms. The van der Waals surface area contributed by atoms with E-state index in [0.29, 0.717) is 0 Å². The number of carbonyl (C=O) groups excluding carboxylic acids is 2. The van der Waals surface area contributed by atoms with Gasteiger partial charge in [0.25, 0.3) is 0 Å². The number of halogens is 1. The summed E-state index contributed by atoms with van der Waals surface area (Å²) in [6, 6.07) is 0. The molecule has 0 saturated carbocycles. The summed E-state index contributed by atoms with van der Waals surface area (Å²) in [7, 11) is 2.39. The van der Waals surface area contributed by atoms with Gasteiger partial charge in [0, 0.05) is 9.17 Å². The average Bonchev–Trinajstić information content (AvgIpc) is 2.65. The molecule has 1 N–H and O–H groups in total. The number of rotatable bonds is 4. The van der Waals surface area contributed by atoms with Crippen molar-refractivity contribution >= 4 is 52.3 Å². The van der Waals surface area contributed by atoms with Gasteiger partial charge in [0.05, 0.1) is 20.6 Å². The molecule has 0 aromatic carbocycles. The molecular weight excluding hydrogens is 375 g/mol. The van der Waals surface area contributed by atoms with Crippen molar-refractivity contribution in [2.45, 2.75) is 26.8 Å². The quantitative estimate of drug-likeness (QED) is 0.331. The first kappa shape index (κ1) is 15.5. The van der Waals surface area contributed by atoms with E-state index in [4.69, 9.17) is 5.11 Å². The molecule has 6 nitrogen and oxygen atoms in total. The van der Waals surface area contributed by atoms with Crippen LogP contribution in [-0.4, -0.2) is 51.2 Å². The van der Waals surface area contributed by atoms with Crippen molar-refractivity contribution in [3.8, 4) is 0 Å². The number of methoxy groups -OCH3 is 2. The summed E-state index contributed by atoms with van der Waals surface area (Å²) >= 11 is 3.07. The molecule has 8 heteroatoms. The molecule has 1 fully saturated rings. The van der Waals surface area contributed by atoms with Crippen molar-refractivity contribution in [3.63, 3.8) is 0 Å². The van der Waals surface area contributed by atoms with Crippen LogP contribution >= 0.6 is 34.4 Å². The van der Waals surface area contributed by atoms with Crippen molar-refractivity contribution in [3.05, 3.63) is 0 Å². The lowest BCUT2D eigenvalue weighted by Crippen LogP contribution is -2.43. The van der Waals surface area contributed by atoms with Gasteiger partial charge in [-0.15, -0.1) is 11.8 Å². The number of carboxylic acids is 1. The molecule has 0 aliphatic carbocycles. The fraction of sp³-hybridized carbons (Fsp3) is 0.700. The van der Waals surface area contributed by atoms with Crippen LogP contribution in [0.5, 0.6) is 0 Å². The molecule has 1 heterocycles. The van der Waals surface area contributed by atoms with Crippen molar-refractivity contribution in [1.29, 1.82) is 0 Å². The molecule has 18 heavy (non-hydrogen) atoms. The third-order valence-electron chi connectivity index (χ3n) is 2.64. The van der Waals surface area contributed by atoms with Gasteiger partial charge in [0.2, 0.25) is 4.75 Å². The summed E-state index contributed by atoms with van der Waals surface area (Å²) in [5.74, 6) is -2.33. The van der Waals surface area contributed by atoms with Crippen LogP contribution in [0.4, 0.5) is 0 Å². The van der Waals surface area contributed by atoms with E-state index < -0.39 is 22.7 Å². The normalized spacial score (nSPS) is 25.5. The lowest BCUT2D eigenvalue weighted by atomic mass is 10.0. The standard InChI is InChI=1S/C10H13IO6S/c1-16-8(14)10(9(15)17-2)4-5(11)6(18-10)3-7(12)13/h5-6H,3-4H2,1-2H3,(H,12,13)/t5-,6-/m0/s1. The third-order valence-corrected chi connectivity index (χ3v) is 6.14. The topological polar surface area (TPSA) is 89.9 Å². The molecule has 0 amide bonds. The Kier molecular flexibility index (Phi) is 5.26. The zero-order valence-corrected chi connectivity index (χ0v) is 12.8. The van der Waals surface area contributed by atoms with Crippen molar-refractivity contribution < 1.29 is 29.0 Å². The zero-order chi connectivity index (χ0) is 13.9. The average molecular weight is 388 g/mol. The molecule has 0 radical (unpaired) electrons. The van der Waals surface area contributed by atoms with E-state index in [1.165, 1.54) is 14.2 Å². The van der Waals surface area contributed by atoms with Gasteiger partial charge in [-0.1, -0.05) is 22.6 Å². The molecule has 1 saturated heterocycles. The van der Waals surface area contributed by atoms with Crippen molar-refractivity contribution in [2.75, 3.05) is 14.2 Å². The van der Waals surface area contributed by atoms with Crippen LogP contribution in [0.1, 0.15) is 12.8 Å². The van der Waals surface area contributed by atoms with E-state index >= 15 is 0 Å². The maximum atomic E-state index is 11.8. The largest absolute Gasteiger partial charge is 0.481 e. The number of carboxylic acid groups (broad SMARTS) is 1. The Labute approximate surface area is 122 Å². The minimum absolute atomic E-state index is 0.103. The Bertz CT molecular complexity index is 355. The number of carbonyl (C=O) groups is 3. The SMILES string of the molecule is COC(=O)C1(C(=O)OC)C[C@H](I)[C@H](CC(=O)O)S1.